The van der Waals surface area contributed by atoms with Gasteiger partial charge < -0.3 is 10.2 Å². The first-order chi connectivity index (χ1) is 12.2. The Morgan fingerprint density at radius 1 is 1.20 bits per heavy atom. The van der Waals surface area contributed by atoms with Crippen molar-refractivity contribution in [3.63, 3.8) is 0 Å². The van der Waals surface area contributed by atoms with Crippen LogP contribution in [0.4, 0.5) is 4.39 Å². The van der Waals surface area contributed by atoms with Gasteiger partial charge in [-0.3, -0.25) is 9.78 Å². The first-order valence-electron chi connectivity index (χ1n) is 8.87. The van der Waals surface area contributed by atoms with Gasteiger partial charge in [0.15, 0.2) is 0 Å². The zero-order valence-electron chi connectivity index (χ0n) is 14.3. The van der Waals surface area contributed by atoms with Gasteiger partial charge in [-0.1, -0.05) is 18.2 Å². The van der Waals surface area contributed by atoms with Crippen LogP contribution >= 0.6 is 0 Å². The fourth-order valence-electron chi connectivity index (χ4n) is 3.32. The number of carbonyl (C=O) groups excluding carboxylic acids is 1. The lowest BCUT2D eigenvalue weighted by Gasteiger charge is -2.31. The van der Waals surface area contributed by atoms with Crippen LogP contribution in [-0.2, 0) is 17.8 Å². The lowest BCUT2D eigenvalue weighted by atomic mass is 10.0. The Kier molecular flexibility index (Phi) is 6.12. The van der Waals surface area contributed by atoms with Gasteiger partial charge in [0, 0.05) is 12.2 Å². The zero-order chi connectivity index (χ0) is 17.5. The van der Waals surface area contributed by atoms with E-state index in [1.165, 1.54) is 12.1 Å². The van der Waals surface area contributed by atoms with Gasteiger partial charge >= 0.3 is 0 Å². The summed E-state index contributed by atoms with van der Waals surface area (Å²) in [6.07, 6.45) is 4.93. The second-order valence-corrected chi connectivity index (χ2v) is 6.48. The minimum absolute atomic E-state index is 0.0307. The lowest BCUT2D eigenvalue weighted by molar-refractivity contribution is -0.133. The number of halogens is 1. The molecule has 2 aromatic rings. The fourth-order valence-corrected chi connectivity index (χ4v) is 3.32. The van der Waals surface area contributed by atoms with Crippen LogP contribution in [0.3, 0.4) is 0 Å². The maximum atomic E-state index is 13.4. The van der Waals surface area contributed by atoms with Gasteiger partial charge in [-0.05, 0) is 62.2 Å². The standard InChI is InChI=1S/C20H24FN3O/c21-17-6-3-5-16(13-17)14-20(25)24(15-18-7-1-2-11-23-18)19-8-4-10-22-12-9-19/h1-3,5-7,11,13,19,22H,4,8-10,12,14-15H2/t19-/m0/s1. The Labute approximate surface area is 148 Å². The predicted octanol–water partition coefficient (Wildman–Crippen LogP) is 2.93. The molecule has 1 N–H and O–H groups in total. The van der Waals surface area contributed by atoms with Gasteiger partial charge in [-0.2, -0.15) is 0 Å². The quantitative estimate of drug-likeness (QED) is 0.909. The molecule has 2 heterocycles. The lowest BCUT2D eigenvalue weighted by Crippen LogP contribution is -2.41. The van der Waals surface area contributed by atoms with Crippen LogP contribution in [0.2, 0.25) is 0 Å². The number of carbonyl (C=O) groups is 1. The molecule has 0 bridgehead atoms. The molecule has 0 spiro atoms. The average molecular weight is 341 g/mol. The molecule has 1 aromatic heterocycles. The number of aromatic nitrogens is 1. The van der Waals surface area contributed by atoms with E-state index in [1.54, 1.807) is 18.3 Å². The van der Waals surface area contributed by atoms with Crippen molar-refractivity contribution in [3.8, 4) is 0 Å². The van der Waals surface area contributed by atoms with Crippen LogP contribution in [-0.4, -0.2) is 34.9 Å². The molecule has 25 heavy (non-hydrogen) atoms. The third kappa shape index (κ3) is 5.10. The van der Waals surface area contributed by atoms with Crippen LogP contribution in [0.25, 0.3) is 0 Å². The molecule has 0 unspecified atom stereocenters. The summed E-state index contributed by atoms with van der Waals surface area (Å²) in [5, 5.41) is 3.39. The molecule has 4 nitrogen and oxygen atoms in total. The van der Waals surface area contributed by atoms with E-state index in [9.17, 15) is 9.18 Å². The van der Waals surface area contributed by atoms with Crippen molar-refractivity contribution in [2.45, 2.75) is 38.3 Å². The Morgan fingerprint density at radius 3 is 2.92 bits per heavy atom. The van der Waals surface area contributed by atoms with Crippen LogP contribution in [0.15, 0.2) is 48.7 Å². The van der Waals surface area contributed by atoms with Crippen LogP contribution in [0, 0.1) is 5.82 Å². The number of nitrogens with zero attached hydrogens (tertiary/aromatic N) is 2. The van der Waals surface area contributed by atoms with E-state index in [0.29, 0.717) is 12.1 Å². The van der Waals surface area contributed by atoms with Gasteiger partial charge in [0.05, 0.1) is 18.7 Å². The molecule has 1 fully saturated rings. The Balaban J connectivity index is 1.77. The molecule has 1 aliphatic rings. The van der Waals surface area contributed by atoms with Crippen LogP contribution < -0.4 is 5.32 Å². The van der Waals surface area contributed by atoms with E-state index in [1.807, 2.05) is 23.1 Å². The van der Waals surface area contributed by atoms with Gasteiger partial charge in [0.1, 0.15) is 5.82 Å². The van der Waals surface area contributed by atoms with Crippen LogP contribution in [0.5, 0.6) is 0 Å². The average Bonchev–Trinajstić information content (AvgIpc) is 2.90. The highest BCUT2D eigenvalue weighted by molar-refractivity contribution is 5.79. The van der Waals surface area contributed by atoms with E-state index >= 15 is 0 Å². The summed E-state index contributed by atoms with van der Waals surface area (Å²) in [7, 11) is 0. The molecule has 1 aromatic carbocycles. The second kappa shape index (κ2) is 8.72. The molecule has 1 saturated heterocycles. The summed E-state index contributed by atoms with van der Waals surface area (Å²) in [5.41, 5.74) is 1.59. The van der Waals surface area contributed by atoms with Gasteiger partial charge in [0.2, 0.25) is 5.91 Å². The first kappa shape index (κ1) is 17.5. The van der Waals surface area contributed by atoms with Crippen molar-refractivity contribution in [1.82, 2.24) is 15.2 Å². The molecule has 3 rings (SSSR count). The summed E-state index contributed by atoms with van der Waals surface area (Å²) in [6.45, 7) is 2.41. The van der Waals surface area contributed by atoms with Gasteiger partial charge in [0.25, 0.3) is 0 Å². The van der Waals surface area contributed by atoms with Crippen LogP contribution in [0.1, 0.15) is 30.5 Å². The van der Waals surface area contributed by atoms with Crippen molar-refractivity contribution in [1.29, 1.82) is 0 Å². The predicted molar refractivity (Wildman–Crippen MR) is 95.4 cm³/mol. The number of rotatable bonds is 5. The molecular weight excluding hydrogens is 317 g/mol. The van der Waals surface area contributed by atoms with Crippen molar-refractivity contribution < 1.29 is 9.18 Å². The highest BCUT2D eigenvalue weighted by Gasteiger charge is 2.25. The number of hydrogen-bond acceptors (Lipinski definition) is 3. The molecule has 1 amide bonds. The van der Waals surface area contributed by atoms with E-state index in [0.717, 1.165) is 38.0 Å². The minimum Gasteiger partial charge on any atom is -0.333 e. The molecule has 1 atom stereocenters. The summed E-state index contributed by atoms with van der Waals surface area (Å²) >= 11 is 0. The first-order valence-corrected chi connectivity index (χ1v) is 8.87. The van der Waals surface area contributed by atoms with Crippen molar-refractivity contribution >= 4 is 5.91 Å². The maximum Gasteiger partial charge on any atom is 0.227 e. The van der Waals surface area contributed by atoms with E-state index in [4.69, 9.17) is 0 Å². The number of pyridine rings is 1. The number of benzene rings is 1. The number of amides is 1. The van der Waals surface area contributed by atoms with E-state index in [2.05, 4.69) is 10.3 Å². The summed E-state index contributed by atoms with van der Waals surface area (Å²) in [4.78, 5) is 19.3. The zero-order valence-corrected chi connectivity index (χ0v) is 14.3. The summed E-state index contributed by atoms with van der Waals surface area (Å²) in [5.74, 6) is -0.275. The molecular formula is C20H24FN3O. The molecule has 0 aliphatic carbocycles. The SMILES string of the molecule is O=C(Cc1cccc(F)c1)N(Cc1ccccn1)[C@H]1CCCNCC1. The van der Waals surface area contributed by atoms with Crippen molar-refractivity contribution in [2.75, 3.05) is 13.1 Å². The molecule has 5 heteroatoms. The highest BCUT2D eigenvalue weighted by atomic mass is 19.1. The van der Waals surface area contributed by atoms with Crippen molar-refractivity contribution in [2.24, 2.45) is 0 Å². The fraction of sp³-hybridized carbons (Fsp3) is 0.400. The summed E-state index contributed by atoms with van der Waals surface area (Å²) < 4.78 is 13.4. The molecule has 0 saturated carbocycles. The highest BCUT2D eigenvalue weighted by Crippen LogP contribution is 2.18. The van der Waals surface area contributed by atoms with Gasteiger partial charge in [-0.25, -0.2) is 4.39 Å². The number of hydrogen-bond donors (Lipinski definition) is 1. The molecule has 0 radical (unpaired) electrons. The normalized spacial score (nSPS) is 17.7. The molecule has 1 aliphatic heterocycles. The topological polar surface area (TPSA) is 45.2 Å². The Bertz CT molecular complexity index is 684. The Hall–Kier alpha value is -2.27. The minimum atomic E-state index is -0.305. The van der Waals surface area contributed by atoms with Crippen molar-refractivity contribution in [3.05, 3.63) is 65.7 Å². The maximum absolute atomic E-state index is 13.4. The van der Waals surface area contributed by atoms with Gasteiger partial charge in [-0.15, -0.1) is 0 Å². The number of nitrogens with one attached hydrogen (secondary N) is 1. The third-order valence-corrected chi connectivity index (χ3v) is 4.61. The second-order valence-electron chi connectivity index (χ2n) is 6.48. The van der Waals surface area contributed by atoms with E-state index < -0.39 is 0 Å². The largest absolute Gasteiger partial charge is 0.333 e. The smallest absolute Gasteiger partial charge is 0.227 e. The monoisotopic (exact) mass is 341 g/mol. The van der Waals surface area contributed by atoms with E-state index in [-0.39, 0.29) is 24.2 Å². The summed E-state index contributed by atoms with van der Waals surface area (Å²) in [6, 6.07) is 12.2. The third-order valence-electron chi connectivity index (χ3n) is 4.61. The Morgan fingerprint density at radius 2 is 2.12 bits per heavy atom. The molecule has 132 valence electrons.